The van der Waals surface area contributed by atoms with Crippen molar-refractivity contribution in [1.29, 1.82) is 0 Å². The van der Waals surface area contributed by atoms with Gasteiger partial charge in [0, 0.05) is 5.56 Å². The van der Waals surface area contributed by atoms with Gasteiger partial charge in [-0.2, -0.15) is 0 Å². The van der Waals surface area contributed by atoms with Crippen molar-refractivity contribution in [3.05, 3.63) is 34.4 Å². The zero-order valence-electron chi connectivity index (χ0n) is 9.57. The highest BCUT2D eigenvalue weighted by molar-refractivity contribution is 7.57. The Bertz CT molecular complexity index is 456. The van der Waals surface area contributed by atoms with Crippen LogP contribution < -0.4 is 16.1 Å². The van der Waals surface area contributed by atoms with Gasteiger partial charge in [0.05, 0.1) is 0 Å². The summed E-state index contributed by atoms with van der Waals surface area (Å²) < 4.78 is 11.1. The zero-order chi connectivity index (χ0) is 12.5. The largest absolute Gasteiger partial charge is 0.300 e. The maximum Gasteiger partial charge on any atom is 0.300 e. The summed E-state index contributed by atoms with van der Waals surface area (Å²) in [4.78, 5) is 11.8. The van der Waals surface area contributed by atoms with Gasteiger partial charge in [0.2, 0.25) is 0 Å². The minimum absolute atomic E-state index is 0.474. The highest BCUT2D eigenvalue weighted by Crippen LogP contribution is 2.22. The van der Waals surface area contributed by atoms with Crippen LogP contribution >= 0.6 is 7.59 Å². The third kappa shape index (κ3) is 3.17. The minimum Gasteiger partial charge on any atom is -0.279 e. The Morgan fingerprint density at radius 3 is 2.00 bits per heavy atom. The molecular weight excluding hydrogens is 225 g/mol. The van der Waals surface area contributed by atoms with Crippen LogP contribution in [0.1, 0.15) is 27.0 Å². The third-order valence-corrected chi connectivity index (χ3v) is 2.73. The Morgan fingerprint density at radius 2 is 1.62 bits per heavy atom. The fourth-order valence-electron chi connectivity index (χ4n) is 1.75. The van der Waals surface area contributed by atoms with E-state index in [0.717, 1.165) is 16.7 Å². The Hall–Kier alpha value is -1.16. The number of nitrogens with one attached hydrogen (secondary N) is 1. The molecule has 0 saturated heterocycles. The molecule has 0 atom stereocenters. The lowest BCUT2D eigenvalue weighted by molar-refractivity contribution is 0.0979. The van der Waals surface area contributed by atoms with Gasteiger partial charge in [-0.3, -0.25) is 25.5 Å². The van der Waals surface area contributed by atoms with E-state index in [4.69, 9.17) is 11.0 Å². The third-order valence-electron chi connectivity index (χ3n) is 2.18. The topological polar surface area (TPSA) is 98.2 Å². The van der Waals surface area contributed by atoms with Crippen molar-refractivity contribution >= 4 is 13.5 Å². The summed E-state index contributed by atoms with van der Waals surface area (Å²) in [5.41, 5.74) is 13.4. The molecule has 88 valence electrons. The minimum atomic E-state index is -3.54. The van der Waals surface area contributed by atoms with Crippen LogP contribution in [-0.2, 0) is 4.57 Å². The molecule has 0 saturated carbocycles. The number of rotatable bonds is 2. The summed E-state index contributed by atoms with van der Waals surface area (Å²) in [6.45, 7) is 5.57. The van der Waals surface area contributed by atoms with Crippen molar-refractivity contribution in [2.75, 3.05) is 0 Å². The van der Waals surface area contributed by atoms with Gasteiger partial charge in [0.25, 0.3) is 5.91 Å². The Kier molecular flexibility index (Phi) is 3.53. The highest BCUT2D eigenvalue weighted by atomic mass is 31.2. The van der Waals surface area contributed by atoms with E-state index < -0.39 is 13.5 Å². The SMILES string of the molecule is Cc1cc(C)c(C(=O)NP(N)(N)=O)c(C)c1. The standard InChI is InChI=1S/C10H16N3O2P/c1-6-4-7(2)9(8(3)5-6)10(14)13-16(11,12)15/h4-5H,1-3H3,(H5,11,12,13,14,15). The lowest BCUT2D eigenvalue weighted by atomic mass is 10.00. The van der Waals surface area contributed by atoms with Gasteiger partial charge < -0.3 is 0 Å². The van der Waals surface area contributed by atoms with Gasteiger partial charge in [-0.05, 0) is 31.9 Å². The molecule has 0 fully saturated rings. The van der Waals surface area contributed by atoms with Crippen LogP contribution in [0, 0.1) is 20.8 Å². The van der Waals surface area contributed by atoms with Crippen LogP contribution in [0.15, 0.2) is 12.1 Å². The average Bonchev–Trinajstić information content (AvgIpc) is 1.96. The number of amides is 1. The molecule has 1 rings (SSSR count). The number of carbonyl (C=O) groups is 1. The van der Waals surface area contributed by atoms with Crippen molar-refractivity contribution in [1.82, 2.24) is 5.09 Å². The van der Waals surface area contributed by atoms with E-state index in [1.54, 1.807) is 0 Å². The summed E-state index contributed by atoms with van der Waals surface area (Å²) in [5.74, 6) is -0.497. The number of benzene rings is 1. The van der Waals surface area contributed by atoms with Crippen LogP contribution in [0.2, 0.25) is 0 Å². The first kappa shape index (κ1) is 12.9. The summed E-state index contributed by atoms with van der Waals surface area (Å²) in [7, 11) is -3.54. The van der Waals surface area contributed by atoms with Gasteiger partial charge in [0.1, 0.15) is 0 Å². The molecule has 0 radical (unpaired) electrons. The molecule has 5 nitrogen and oxygen atoms in total. The number of carbonyl (C=O) groups excluding carboxylic acids is 1. The van der Waals surface area contributed by atoms with E-state index >= 15 is 0 Å². The van der Waals surface area contributed by atoms with E-state index in [1.807, 2.05) is 32.9 Å². The molecule has 6 heteroatoms. The van der Waals surface area contributed by atoms with Crippen molar-refractivity contribution < 1.29 is 9.36 Å². The first-order valence-electron chi connectivity index (χ1n) is 4.78. The fourth-order valence-corrected chi connectivity index (χ4v) is 2.18. The van der Waals surface area contributed by atoms with Crippen LogP contribution in [0.3, 0.4) is 0 Å². The van der Waals surface area contributed by atoms with Crippen LogP contribution in [0.25, 0.3) is 0 Å². The molecule has 1 aromatic rings. The molecule has 1 amide bonds. The predicted octanol–water partition coefficient (Wildman–Crippen LogP) is 1.37. The van der Waals surface area contributed by atoms with Crippen molar-refractivity contribution in [3.8, 4) is 0 Å². The summed E-state index contributed by atoms with van der Waals surface area (Å²) in [6.07, 6.45) is 0. The molecule has 0 unspecified atom stereocenters. The number of aryl methyl sites for hydroxylation is 3. The lowest BCUT2D eigenvalue weighted by Crippen LogP contribution is -2.29. The molecule has 0 aliphatic carbocycles. The molecule has 0 aliphatic rings. The monoisotopic (exact) mass is 241 g/mol. The maximum absolute atomic E-state index is 11.8. The number of hydrogen-bond acceptors (Lipinski definition) is 2. The van der Waals surface area contributed by atoms with Gasteiger partial charge in [0.15, 0.2) is 0 Å². The molecule has 1 aromatic carbocycles. The first-order valence-corrected chi connectivity index (χ1v) is 6.63. The zero-order valence-corrected chi connectivity index (χ0v) is 10.5. The second kappa shape index (κ2) is 4.37. The predicted molar refractivity (Wildman–Crippen MR) is 64.1 cm³/mol. The molecule has 16 heavy (non-hydrogen) atoms. The van der Waals surface area contributed by atoms with E-state index in [2.05, 4.69) is 5.09 Å². The smallest absolute Gasteiger partial charge is 0.279 e. The molecule has 0 bridgehead atoms. The summed E-state index contributed by atoms with van der Waals surface area (Å²) >= 11 is 0. The molecular formula is C10H16N3O2P. The molecule has 0 aliphatic heterocycles. The molecule has 0 heterocycles. The van der Waals surface area contributed by atoms with Crippen molar-refractivity contribution in [2.45, 2.75) is 20.8 Å². The van der Waals surface area contributed by atoms with Gasteiger partial charge in [-0.25, -0.2) is 0 Å². The van der Waals surface area contributed by atoms with E-state index in [9.17, 15) is 9.36 Å². The molecule has 0 spiro atoms. The summed E-state index contributed by atoms with van der Waals surface area (Å²) in [6, 6.07) is 3.75. The van der Waals surface area contributed by atoms with Gasteiger partial charge >= 0.3 is 7.59 Å². The van der Waals surface area contributed by atoms with Crippen LogP contribution in [-0.4, -0.2) is 5.91 Å². The first-order chi connectivity index (χ1) is 7.20. The molecule has 0 aromatic heterocycles. The quantitative estimate of drug-likeness (QED) is 0.681. The van der Waals surface area contributed by atoms with Crippen molar-refractivity contribution in [3.63, 3.8) is 0 Å². The van der Waals surface area contributed by atoms with Crippen LogP contribution in [0.4, 0.5) is 0 Å². The Balaban J connectivity index is 3.14. The fraction of sp³-hybridized carbons (Fsp3) is 0.300. The van der Waals surface area contributed by atoms with E-state index in [-0.39, 0.29) is 0 Å². The molecule has 5 N–H and O–H groups in total. The second-order valence-electron chi connectivity index (χ2n) is 3.92. The Labute approximate surface area is 94.7 Å². The normalized spacial score (nSPS) is 11.3. The number of hydrogen-bond donors (Lipinski definition) is 3. The lowest BCUT2D eigenvalue weighted by Gasteiger charge is -2.13. The maximum atomic E-state index is 11.8. The van der Waals surface area contributed by atoms with Crippen LogP contribution in [0.5, 0.6) is 0 Å². The highest BCUT2D eigenvalue weighted by Gasteiger charge is 2.18. The van der Waals surface area contributed by atoms with Crippen molar-refractivity contribution in [2.24, 2.45) is 11.0 Å². The second-order valence-corrected chi connectivity index (χ2v) is 5.57. The Morgan fingerprint density at radius 1 is 1.19 bits per heavy atom. The van der Waals surface area contributed by atoms with E-state index in [0.29, 0.717) is 5.56 Å². The van der Waals surface area contributed by atoms with Gasteiger partial charge in [-0.15, -0.1) is 0 Å². The number of nitrogens with two attached hydrogens (primary N) is 2. The van der Waals surface area contributed by atoms with Gasteiger partial charge in [-0.1, -0.05) is 17.7 Å². The average molecular weight is 241 g/mol. The summed E-state index contributed by atoms with van der Waals surface area (Å²) in [5, 5.41) is 2.11. The van der Waals surface area contributed by atoms with E-state index in [1.165, 1.54) is 0 Å².